The number of piperidine rings is 1. The van der Waals surface area contributed by atoms with Crippen LogP contribution in [-0.2, 0) is 4.79 Å². The molecule has 4 heteroatoms. The first kappa shape index (κ1) is 11.5. The third-order valence-corrected chi connectivity index (χ3v) is 3.01. The van der Waals surface area contributed by atoms with E-state index in [9.17, 15) is 4.79 Å². The number of hydrogen-bond donors (Lipinski definition) is 2. The second kappa shape index (κ2) is 4.75. The van der Waals surface area contributed by atoms with Gasteiger partial charge in [0, 0.05) is 25.7 Å². The molecule has 0 bridgehead atoms. The number of nitrogens with two attached hydrogens (primary N) is 1. The summed E-state index contributed by atoms with van der Waals surface area (Å²) in [6, 6.07) is 0.514. The minimum absolute atomic E-state index is 0.0185. The summed E-state index contributed by atoms with van der Waals surface area (Å²) in [4.78, 5) is 13.8. The van der Waals surface area contributed by atoms with Gasteiger partial charge >= 0.3 is 0 Å². The Morgan fingerprint density at radius 1 is 1.57 bits per heavy atom. The van der Waals surface area contributed by atoms with E-state index in [1.165, 1.54) is 0 Å². The lowest BCUT2D eigenvalue weighted by Crippen LogP contribution is -2.54. The lowest BCUT2D eigenvalue weighted by molar-refractivity contribution is -0.127. The van der Waals surface area contributed by atoms with Gasteiger partial charge in [-0.05, 0) is 26.8 Å². The molecule has 1 aliphatic rings. The third kappa shape index (κ3) is 2.45. The molecule has 0 aromatic carbocycles. The predicted molar refractivity (Wildman–Crippen MR) is 56.9 cm³/mol. The number of likely N-dealkylation sites (tertiary alicyclic amines) is 1. The molecule has 1 fully saturated rings. The zero-order valence-electron chi connectivity index (χ0n) is 9.29. The standard InChI is InChI=1S/C10H21N3O/c1-7(2)13-5-4-9(11)8(6-13)10(14)12-3/h7-9H,4-6,11H2,1-3H3,(H,12,14)/t8-,9?/m1/s1. The fourth-order valence-electron chi connectivity index (χ4n) is 1.93. The van der Waals surface area contributed by atoms with Crippen LogP contribution in [0.3, 0.4) is 0 Å². The van der Waals surface area contributed by atoms with Crippen LogP contribution in [0.5, 0.6) is 0 Å². The van der Waals surface area contributed by atoms with Gasteiger partial charge in [0.15, 0.2) is 0 Å². The molecular weight excluding hydrogens is 178 g/mol. The van der Waals surface area contributed by atoms with Crippen LogP contribution in [0.1, 0.15) is 20.3 Å². The SMILES string of the molecule is CNC(=O)[C@@H]1CN(C(C)C)CCC1N. The fourth-order valence-corrected chi connectivity index (χ4v) is 1.93. The summed E-state index contributed by atoms with van der Waals surface area (Å²) < 4.78 is 0. The van der Waals surface area contributed by atoms with Gasteiger partial charge in [0.2, 0.25) is 5.91 Å². The van der Waals surface area contributed by atoms with Crippen molar-refractivity contribution in [1.29, 1.82) is 0 Å². The zero-order valence-corrected chi connectivity index (χ0v) is 9.29. The highest BCUT2D eigenvalue weighted by Crippen LogP contribution is 2.17. The zero-order chi connectivity index (χ0) is 10.7. The van der Waals surface area contributed by atoms with Crippen LogP contribution in [0.25, 0.3) is 0 Å². The topological polar surface area (TPSA) is 58.4 Å². The Morgan fingerprint density at radius 3 is 2.71 bits per heavy atom. The largest absolute Gasteiger partial charge is 0.359 e. The number of nitrogens with one attached hydrogen (secondary N) is 1. The highest BCUT2D eigenvalue weighted by atomic mass is 16.1. The minimum Gasteiger partial charge on any atom is -0.359 e. The van der Waals surface area contributed by atoms with Gasteiger partial charge < -0.3 is 16.0 Å². The Balaban J connectivity index is 2.59. The van der Waals surface area contributed by atoms with Crippen LogP contribution in [0.2, 0.25) is 0 Å². The molecule has 0 aliphatic carbocycles. The van der Waals surface area contributed by atoms with Gasteiger partial charge in [-0.1, -0.05) is 0 Å². The number of carbonyl (C=O) groups excluding carboxylic acids is 1. The molecule has 0 aromatic heterocycles. The highest BCUT2D eigenvalue weighted by molar-refractivity contribution is 5.79. The maximum Gasteiger partial charge on any atom is 0.225 e. The average Bonchev–Trinajstić information content (AvgIpc) is 2.17. The molecule has 1 unspecified atom stereocenters. The molecule has 14 heavy (non-hydrogen) atoms. The predicted octanol–water partition coefficient (Wildman–Crippen LogP) is -0.210. The van der Waals surface area contributed by atoms with Crippen molar-refractivity contribution >= 4 is 5.91 Å². The first-order chi connectivity index (χ1) is 6.56. The van der Waals surface area contributed by atoms with Crippen LogP contribution in [0, 0.1) is 5.92 Å². The van der Waals surface area contributed by atoms with Gasteiger partial charge in [0.1, 0.15) is 0 Å². The van der Waals surface area contributed by atoms with E-state index < -0.39 is 0 Å². The molecule has 0 aromatic rings. The smallest absolute Gasteiger partial charge is 0.225 e. The van der Waals surface area contributed by atoms with Crippen molar-refractivity contribution in [2.45, 2.75) is 32.4 Å². The molecule has 4 nitrogen and oxygen atoms in total. The fraction of sp³-hybridized carbons (Fsp3) is 0.900. The van der Waals surface area contributed by atoms with Gasteiger partial charge in [-0.3, -0.25) is 4.79 Å². The van der Waals surface area contributed by atoms with Crippen molar-refractivity contribution in [3.8, 4) is 0 Å². The molecule has 1 rings (SSSR count). The molecule has 1 aliphatic heterocycles. The number of nitrogens with zero attached hydrogens (tertiary/aromatic N) is 1. The van der Waals surface area contributed by atoms with Crippen molar-refractivity contribution in [1.82, 2.24) is 10.2 Å². The Bertz CT molecular complexity index is 206. The van der Waals surface area contributed by atoms with Crippen molar-refractivity contribution in [2.75, 3.05) is 20.1 Å². The van der Waals surface area contributed by atoms with E-state index in [4.69, 9.17) is 5.73 Å². The van der Waals surface area contributed by atoms with Crippen LogP contribution < -0.4 is 11.1 Å². The lowest BCUT2D eigenvalue weighted by atomic mass is 9.91. The third-order valence-electron chi connectivity index (χ3n) is 3.01. The second-order valence-corrected chi connectivity index (χ2v) is 4.26. The van der Waals surface area contributed by atoms with Crippen molar-refractivity contribution < 1.29 is 4.79 Å². The van der Waals surface area contributed by atoms with Gasteiger partial charge in [-0.2, -0.15) is 0 Å². The summed E-state index contributed by atoms with van der Waals surface area (Å²) in [6.07, 6.45) is 0.913. The number of carbonyl (C=O) groups is 1. The van der Waals surface area contributed by atoms with E-state index >= 15 is 0 Å². The Hall–Kier alpha value is -0.610. The summed E-state index contributed by atoms with van der Waals surface area (Å²) in [5, 5.41) is 2.68. The molecular formula is C10H21N3O. The van der Waals surface area contributed by atoms with Crippen molar-refractivity contribution in [3.63, 3.8) is 0 Å². The van der Waals surface area contributed by atoms with Gasteiger partial charge in [0.25, 0.3) is 0 Å². The van der Waals surface area contributed by atoms with Crippen molar-refractivity contribution in [2.24, 2.45) is 11.7 Å². The number of rotatable bonds is 2. The van der Waals surface area contributed by atoms with Gasteiger partial charge in [-0.15, -0.1) is 0 Å². The summed E-state index contributed by atoms with van der Waals surface area (Å²) in [5.41, 5.74) is 5.93. The van der Waals surface area contributed by atoms with E-state index in [-0.39, 0.29) is 17.9 Å². The normalized spacial score (nSPS) is 29.2. The molecule has 0 spiro atoms. The molecule has 1 saturated heterocycles. The van der Waals surface area contributed by atoms with Crippen molar-refractivity contribution in [3.05, 3.63) is 0 Å². The summed E-state index contributed by atoms with van der Waals surface area (Å²) in [5.74, 6) is 0.0269. The molecule has 0 radical (unpaired) electrons. The first-order valence-electron chi connectivity index (χ1n) is 5.27. The summed E-state index contributed by atoms with van der Waals surface area (Å²) in [7, 11) is 1.67. The first-order valence-corrected chi connectivity index (χ1v) is 5.27. The van der Waals surface area contributed by atoms with Crippen LogP contribution in [0.4, 0.5) is 0 Å². The molecule has 1 amide bonds. The molecule has 2 atom stereocenters. The minimum atomic E-state index is -0.0452. The number of hydrogen-bond acceptors (Lipinski definition) is 3. The monoisotopic (exact) mass is 199 g/mol. The van der Waals surface area contributed by atoms with E-state index in [1.54, 1.807) is 7.05 Å². The van der Waals surface area contributed by atoms with E-state index in [0.717, 1.165) is 19.5 Å². The highest BCUT2D eigenvalue weighted by Gasteiger charge is 2.32. The van der Waals surface area contributed by atoms with Gasteiger partial charge in [0.05, 0.1) is 5.92 Å². The van der Waals surface area contributed by atoms with Gasteiger partial charge in [-0.25, -0.2) is 0 Å². The van der Waals surface area contributed by atoms with Crippen LogP contribution in [0.15, 0.2) is 0 Å². The van der Waals surface area contributed by atoms with E-state index in [0.29, 0.717) is 6.04 Å². The summed E-state index contributed by atoms with van der Waals surface area (Å²) >= 11 is 0. The Morgan fingerprint density at radius 2 is 2.21 bits per heavy atom. The maximum atomic E-state index is 11.5. The number of amides is 1. The Labute approximate surface area is 85.8 Å². The molecule has 82 valence electrons. The van der Waals surface area contributed by atoms with Crippen LogP contribution in [-0.4, -0.2) is 43.0 Å². The van der Waals surface area contributed by atoms with E-state index in [1.807, 2.05) is 0 Å². The second-order valence-electron chi connectivity index (χ2n) is 4.26. The van der Waals surface area contributed by atoms with E-state index in [2.05, 4.69) is 24.1 Å². The summed E-state index contributed by atoms with van der Waals surface area (Å²) in [6.45, 7) is 6.10. The molecule has 1 heterocycles. The quantitative estimate of drug-likeness (QED) is 0.647. The molecule has 3 N–H and O–H groups in total. The Kier molecular flexibility index (Phi) is 3.89. The lowest BCUT2D eigenvalue weighted by Gasteiger charge is -2.38. The van der Waals surface area contributed by atoms with Crippen LogP contribution >= 0.6 is 0 Å². The average molecular weight is 199 g/mol. The maximum absolute atomic E-state index is 11.5. The molecule has 0 saturated carbocycles.